The minimum absolute atomic E-state index is 0. The molecule has 0 saturated heterocycles. The molecule has 1 atom stereocenters. The lowest BCUT2D eigenvalue weighted by Crippen LogP contribution is -2.40. The second-order valence-corrected chi connectivity index (χ2v) is 4.44. The number of carbonyl (C=O) groups excluding carboxylic acids is 1. The summed E-state index contributed by atoms with van der Waals surface area (Å²) in [5.41, 5.74) is 6.86. The smallest absolute Gasteiger partial charge is 0.237 e. The lowest BCUT2D eigenvalue weighted by atomic mass is 10.0. The zero-order valence-electron chi connectivity index (χ0n) is 10.4. The third-order valence-electron chi connectivity index (χ3n) is 2.37. The minimum Gasteiger partial charge on any atom is -0.351 e. The van der Waals surface area contributed by atoms with Gasteiger partial charge in [-0.3, -0.25) is 4.79 Å². The van der Waals surface area contributed by atoms with Crippen molar-refractivity contribution in [3.05, 3.63) is 35.9 Å². The molecule has 1 aromatic rings. The van der Waals surface area contributed by atoms with Crippen LogP contribution in [-0.2, 0) is 11.3 Å². The fourth-order valence-corrected chi connectivity index (χ4v) is 1.53. The van der Waals surface area contributed by atoms with Crippen LogP contribution >= 0.6 is 13.5 Å². The van der Waals surface area contributed by atoms with Gasteiger partial charge in [-0.1, -0.05) is 44.2 Å². The molecule has 0 unspecified atom stereocenters. The number of benzene rings is 1. The van der Waals surface area contributed by atoms with Crippen LogP contribution < -0.4 is 11.1 Å². The van der Waals surface area contributed by atoms with Crippen LogP contribution in [0.25, 0.3) is 0 Å². The summed E-state index contributed by atoms with van der Waals surface area (Å²) in [6.07, 6.45) is 0.723. The molecule has 0 aliphatic carbocycles. The summed E-state index contributed by atoms with van der Waals surface area (Å²) < 4.78 is 0. The summed E-state index contributed by atoms with van der Waals surface area (Å²) in [6.45, 7) is 4.67. The summed E-state index contributed by atoms with van der Waals surface area (Å²) in [5, 5.41) is 2.84. The van der Waals surface area contributed by atoms with Crippen molar-refractivity contribution in [3.63, 3.8) is 0 Å². The molecule has 17 heavy (non-hydrogen) atoms. The first-order chi connectivity index (χ1) is 7.59. The Bertz CT molecular complexity index is 327. The molecule has 3 nitrogen and oxygen atoms in total. The Morgan fingerprint density at radius 3 is 2.41 bits per heavy atom. The summed E-state index contributed by atoms with van der Waals surface area (Å²) in [7, 11) is 0. The molecule has 0 aliphatic rings. The third-order valence-corrected chi connectivity index (χ3v) is 2.37. The van der Waals surface area contributed by atoms with Crippen LogP contribution in [0.4, 0.5) is 0 Å². The Hall–Kier alpha value is -1.00. The second-order valence-electron chi connectivity index (χ2n) is 4.44. The van der Waals surface area contributed by atoms with E-state index in [2.05, 4.69) is 19.2 Å². The highest BCUT2D eigenvalue weighted by Crippen LogP contribution is 2.03. The van der Waals surface area contributed by atoms with E-state index >= 15 is 0 Å². The van der Waals surface area contributed by atoms with Crippen LogP contribution in [0.1, 0.15) is 25.8 Å². The van der Waals surface area contributed by atoms with Gasteiger partial charge < -0.3 is 11.1 Å². The first-order valence-electron chi connectivity index (χ1n) is 5.67. The maximum absolute atomic E-state index is 11.6. The van der Waals surface area contributed by atoms with E-state index in [1.807, 2.05) is 30.3 Å². The van der Waals surface area contributed by atoms with E-state index in [9.17, 15) is 4.79 Å². The Labute approximate surface area is 110 Å². The fourth-order valence-electron chi connectivity index (χ4n) is 1.53. The lowest BCUT2D eigenvalue weighted by Gasteiger charge is -2.14. The van der Waals surface area contributed by atoms with E-state index in [1.54, 1.807) is 0 Å². The number of hydrogen-bond donors (Lipinski definition) is 2. The van der Waals surface area contributed by atoms with E-state index in [4.69, 9.17) is 5.73 Å². The van der Waals surface area contributed by atoms with Gasteiger partial charge in [-0.15, -0.1) is 0 Å². The zero-order valence-corrected chi connectivity index (χ0v) is 11.4. The van der Waals surface area contributed by atoms with Crippen molar-refractivity contribution >= 4 is 19.4 Å². The van der Waals surface area contributed by atoms with E-state index in [-0.39, 0.29) is 19.4 Å². The SMILES string of the molecule is CC(C)C[C@H](N)C(=O)NCc1ccccc1.S. The predicted molar refractivity (Wildman–Crippen MR) is 76.1 cm³/mol. The highest BCUT2D eigenvalue weighted by molar-refractivity contribution is 7.59. The summed E-state index contributed by atoms with van der Waals surface area (Å²) in [4.78, 5) is 11.6. The molecule has 0 aliphatic heterocycles. The van der Waals surface area contributed by atoms with Crippen LogP contribution in [0, 0.1) is 5.92 Å². The predicted octanol–water partition coefficient (Wildman–Crippen LogP) is 1.79. The van der Waals surface area contributed by atoms with E-state index < -0.39 is 6.04 Å². The van der Waals surface area contributed by atoms with Crippen molar-refractivity contribution in [2.75, 3.05) is 0 Å². The average molecular weight is 254 g/mol. The van der Waals surface area contributed by atoms with Gasteiger partial charge in [0.25, 0.3) is 0 Å². The fraction of sp³-hybridized carbons (Fsp3) is 0.462. The molecule has 0 spiro atoms. The third kappa shape index (κ3) is 6.34. The molecule has 3 N–H and O–H groups in total. The molecule has 0 heterocycles. The first kappa shape index (κ1) is 16.0. The number of nitrogens with two attached hydrogens (primary N) is 1. The molecule has 0 saturated carbocycles. The Morgan fingerprint density at radius 1 is 1.29 bits per heavy atom. The summed E-state index contributed by atoms with van der Waals surface area (Å²) >= 11 is 0. The Morgan fingerprint density at radius 2 is 1.88 bits per heavy atom. The monoisotopic (exact) mass is 254 g/mol. The molecule has 0 bridgehead atoms. The van der Waals surface area contributed by atoms with Gasteiger partial charge in [0.1, 0.15) is 0 Å². The average Bonchev–Trinajstić information content (AvgIpc) is 2.26. The quantitative estimate of drug-likeness (QED) is 0.841. The van der Waals surface area contributed by atoms with Crippen LogP contribution in [0.3, 0.4) is 0 Å². The first-order valence-corrected chi connectivity index (χ1v) is 5.67. The van der Waals surface area contributed by atoms with Crippen molar-refractivity contribution in [1.82, 2.24) is 5.32 Å². The van der Waals surface area contributed by atoms with Gasteiger partial charge >= 0.3 is 0 Å². The molecule has 1 rings (SSSR count). The molecule has 1 aromatic carbocycles. The molecule has 0 fully saturated rings. The second kappa shape index (κ2) is 8.14. The molecule has 0 radical (unpaired) electrons. The summed E-state index contributed by atoms with van der Waals surface area (Å²) in [6, 6.07) is 9.42. The van der Waals surface area contributed by atoms with Crippen molar-refractivity contribution in [3.8, 4) is 0 Å². The number of hydrogen-bond acceptors (Lipinski definition) is 2. The van der Waals surface area contributed by atoms with Crippen molar-refractivity contribution in [1.29, 1.82) is 0 Å². The van der Waals surface area contributed by atoms with Crippen molar-refractivity contribution < 1.29 is 4.79 Å². The maximum Gasteiger partial charge on any atom is 0.237 e. The van der Waals surface area contributed by atoms with E-state index in [0.29, 0.717) is 12.5 Å². The van der Waals surface area contributed by atoms with E-state index in [1.165, 1.54) is 0 Å². The zero-order chi connectivity index (χ0) is 12.0. The number of amides is 1. The van der Waals surface area contributed by atoms with Crippen LogP contribution in [-0.4, -0.2) is 11.9 Å². The highest BCUT2D eigenvalue weighted by atomic mass is 32.1. The molecule has 4 heteroatoms. The molecular weight excluding hydrogens is 232 g/mol. The van der Waals surface area contributed by atoms with Crippen LogP contribution in [0.2, 0.25) is 0 Å². The maximum atomic E-state index is 11.6. The number of carbonyl (C=O) groups is 1. The van der Waals surface area contributed by atoms with Gasteiger partial charge in [0.05, 0.1) is 6.04 Å². The molecule has 96 valence electrons. The standard InChI is InChI=1S/C13H20N2O.H2S/c1-10(2)8-12(14)13(16)15-9-11-6-4-3-5-7-11;/h3-7,10,12H,8-9,14H2,1-2H3,(H,15,16);1H2/t12-;/m0./s1. The van der Waals surface area contributed by atoms with Crippen molar-refractivity contribution in [2.45, 2.75) is 32.9 Å². The topological polar surface area (TPSA) is 55.1 Å². The molecule has 0 aromatic heterocycles. The van der Waals surface area contributed by atoms with Gasteiger partial charge in [-0.05, 0) is 17.9 Å². The van der Waals surface area contributed by atoms with Gasteiger partial charge in [0.2, 0.25) is 5.91 Å². The van der Waals surface area contributed by atoms with Gasteiger partial charge in [-0.25, -0.2) is 0 Å². The van der Waals surface area contributed by atoms with Crippen molar-refractivity contribution in [2.24, 2.45) is 11.7 Å². The number of nitrogens with one attached hydrogen (secondary N) is 1. The molecular formula is C13H22N2OS. The highest BCUT2D eigenvalue weighted by Gasteiger charge is 2.13. The largest absolute Gasteiger partial charge is 0.351 e. The van der Waals surface area contributed by atoms with Crippen LogP contribution in [0.15, 0.2) is 30.3 Å². The normalized spacial score (nSPS) is 11.8. The van der Waals surface area contributed by atoms with Gasteiger partial charge in [-0.2, -0.15) is 13.5 Å². The lowest BCUT2D eigenvalue weighted by molar-refractivity contribution is -0.122. The summed E-state index contributed by atoms with van der Waals surface area (Å²) in [5.74, 6) is 0.370. The van der Waals surface area contributed by atoms with Gasteiger partial charge in [0.15, 0.2) is 0 Å². The Balaban J connectivity index is 0.00000256. The van der Waals surface area contributed by atoms with Crippen LogP contribution in [0.5, 0.6) is 0 Å². The molecule has 1 amide bonds. The minimum atomic E-state index is -0.399. The Kier molecular flexibility index (Phi) is 7.66. The van der Waals surface area contributed by atoms with E-state index in [0.717, 1.165) is 12.0 Å². The number of rotatable bonds is 5. The van der Waals surface area contributed by atoms with Gasteiger partial charge in [0, 0.05) is 6.54 Å².